The predicted octanol–water partition coefficient (Wildman–Crippen LogP) is 5.48. The summed E-state index contributed by atoms with van der Waals surface area (Å²) >= 11 is 0. The fraction of sp³-hybridized carbons (Fsp3) is 0. The highest BCUT2D eigenvalue weighted by atomic mass is 14.7. The second-order valence-corrected chi connectivity index (χ2v) is 5.59. The fourth-order valence-corrected chi connectivity index (χ4v) is 2.76. The molecule has 2 heterocycles. The highest BCUT2D eigenvalue weighted by molar-refractivity contribution is 5.73. The molecule has 4 aromatic rings. The van der Waals surface area contributed by atoms with Crippen LogP contribution in [0.5, 0.6) is 0 Å². The molecule has 0 amide bonds. The number of aromatic nitrogens is 2. The zero-order valence-corrected chi connectivity index (χ0v) is 13.1. The Hall–Kier alpha value is -3.26. The molecular weight excluding hydrogens is 292 g/mol. The fourth-order valence-electron chi connectivity index (χ4n) is 2.76. The van der Waals surface area contributed by atoms with Crippen molar-refractivity contribution in [2.75, 3.05) is 0 Å². The van der Waals surface area contributed by atoms with Crippen molar-refractivity contribution >= 4 is 0 Å². The molecule has 0 saturated carbocycles. The molecule has 0 spiro atoms. The van der Waals surface area contributed by atoms with Gasteiger partial charge in [0.2, 0.25) is 0 Å². The third kappa shape index (κ3) is 2.95. The first-order chi connectivity index (χ1) is 11.9. The van der Waals surface area contributed by atoms with E-state index in [-0.39, 0.29) is 0 Å². The second kappa shape index (κ2) is 6.47. The Morgan fingerprint density at radius 1 is 0.417 bits per heavy atom. The van der Waals surface area contributed by atoms with Crippen LogP contribution < -0.4 is 0 Å². The molecule has 0 atom stereocenters. The molecule has 0 bridgehead atoms. The van der Waals surface area contributed by atoms with E-state index in [0.717, 1.165) is 22.5 Å². The van der Waals surface area contributed by atoms with Crippen LogP contribution in [0.4, 0.5) is 0 Å². The number of nitrogens with zero attached hydrogens (tertiary/aromatic N) is 2. The lowest BCUT2D eigenvalue weighted by Gasteiger charge is -2.07. The lowest BCUT2D eigenvalue weighted by Crippen LogP contribution is -1.85. The van der Waals surface area contributed by atoms with Crippen LogP contribution in [-0.4, -0.2) is 9.97 Å². The number of hydrogen-bond donors (Lipinski definition) is 0. The topological polar surface area (TPSA) is 25.8 Å². The average molecular weight is 308 g/mol. The third-order valence-corrected chi connectivity index (χ3v) is 4.00. The van der Waals surface area contributed by atoms with Crippen LogP contribution in [-0.2, 0) is 0 Å². The molecule has 2 heteroatoms. The molecule has 24 heavy (non-hydrogen) atoms. The number of rotatable bonds is 3. The Morgan fingerprint density at radius 3 is 1.62 bits per heavy atom. The number of pyridine rings is 2. The Labute approximate surface area is 141 Å². The smallest absolute Gasteiger partial charge is 0.0702 e. The van der Waals surface area contributed by atoms with E-state index < -0.39 is 0 Å². The van der Waals surface area contributed by atoms with Crippen molar-refractivity contribution in [2.45, 2.75) is 0 Å². The molecule has 0 N–H and O–H groups in total. The molecule has 0 radical (unpaired) electrons. The van der Waals surface area contributed by atoms with Crippen molar-refractivity contribution in [1.29, 1.82) is 0 Å². The minimum Gasteiger partial charge on any atom is -0.256 e. The minimum atomic E-state index is 0.990. The maximum absolute atomic E-state index is 4.43. The van der Waals surface area contributed by atoms with Gasteiger partial charge in [-0.1, -0.05) is 54.6 Å². The molecule has 0 aliphatic rings. The lowest BCUT2D eigenvalue weighted by atomic mass is 10.00. The molecule has 2 aromatic heterocycles. The lowest BCUT2D eigenvalue weighted by molar-refractivity contribution is 1.32. The Balaban J connectivity index is 1.67. The summed E-state index contributed by atoms with van der Waals surface area (Å²) in [6.45, 7) is 0. The van der Waals surface area contributed by atoms with Crippen LogP contribution in [0.25, 0.3) is 33.6 Å². The maximum Gasteiger partial charge on any atom is 0.0702 e. The van der Waals surface area contributed by atoms with Crippen molar-refractivity contribution in [3.63, 3.8) is 0 Å². The normalized spacial score (nSPS) is 10.5. The van der Waals surface area contributed by atoms with E-state index in [0.29, 0.717) is 0 Å². The summed E-state index contributed by atoms with van der Waals surface area (Å²) in [4.78, 5) is 8.83. The SMILES string of the molecule is c1ccc(-c2ccc(-c3cccc(-c4ccccn4)c3)cc2)nc1. The first-order valence-corrected chi connectivity index (χ1v) is 7.93. The van der Waals surface area contributed by atoms with E-state index in [2.05, 4.69) is 58.5 Å². The minimum absolute atomic E-state index is 0.990. The summed E-state index contributed by atoms with van der Waals surface area (Å²) in [6.07, 6.45) is 3.64. The van der Waals surface area contributed by atoms with Gasteiger partial charge in [0.25, 0.3) is 0 Å². The summed E-state index contributed by atoms with van der Waals surface area (Å²) in [5.74, 6) is 0. The molecule has 2 nitrogen and oxygen atoms in total. The van der Waals surface area contributed by atoms with Gasteiger partial charge in [0.05, 0.1) is 11.4 Å². The molecular formula is C22H16N2. The third-order valence-electron chi connectivity index (χ3n) is 4.00. The van der Waals surface area contributed by atoms with Gasteiger partial charge < -0.3 is 0 Å². The van der Waals surface area contributed by atoms with E-state index in [1.54, 1.807) is 0 Å². The number of benzene rings is 2. The van der Waals surface area contributed by atoms with Crippen LogP contribution in [0.1, 0.15) is 0 Å². The van der Waals surface area contributed by atoms with Crippen molar-refractivity contribution in [3.05, 3.63) is 97.3 Å². The standard InChI is InChI=1S/C22H16N2/c1-3-14-23-21(8-1)18-12-10-17(11-13-18)19-6-5-7-20(16-19)22-9-2-4-15-24-22/h1-16H. The van der Waals surface area contributed by atoms with Gasteiger partial charge in [0, 0.05) is 23.5 Å². The Kier molecular flexibility index (Phi) is 3.86. The molecule has 0 unspecified atom stereocenters. The Morgan fingerprint density at radius 2 is 1.00 bits per heavy atom. The molecule has 0 aliphatic heterocycles. The van der Waals surface area contributed by atoms with E-state index in [9.17, 15) is 0 Å². The van der Waals surface area contributed by atoms with Gasteiger partial charge >= 0.3 is 0 Å². The van der Waals surface area contributed by atoms with Gasteiger partial charge in [0.15, 0.2) is 0 Å². The molecule has 0 saturated heterocycles. The quantitative estimate of drug-likeness (QED) is 0.501. The first kappa shape index (κ1) is 14.3. The summed E-state index contributed by atoms with van der Waals surface area (Å²) < 4.78 is 0. The van der Waals surface area contributed by atoms with Gasteiger partial charge in [-0.2, -0.15) is 0 Å². The molecule has 114 valence electrons. The summed E-state index contributed by atoms with van der Waals surface area (Å²) in [5.41, 5.74) is 6.61. The molecule has 2 aromatic carbocycles. The average Bonchev–Trinajstić information content (AvgIpc) is 2.70. The number of hydrogen-bond acceptors (Lipinski definition) is 2. The van der Waals surface area contributed by atoms with E-state index in [4.69, 9.17) is 0 Å². The zero-order chi connectivity index (χ0) is 16.2. The second-order valence-electron chi connectivity index (χ2n) is 5.59. The van der Waals surface area contributed by atoms with E-state index in [1.807, 2.05) is 48.8 Å². The molecule has 4 rings (SSSR count). The maximum atomic E-state index is 4.43. The van der Waals surface area contributed by atoms with Crippen molar-refractivity contribution in [1.82, 2.24) is 9.97 Å². The van der Waals surface area contributed by atoms with Crippen LogP contribution in [0.15, 0.2) is 97.3 Å². The van der Waals surface area contributed by atoms with Gasteiger partial charge in [-0.05, 0) is 41.5 Å². The summed E-state index contributed by atoms with van der Waals surface area (Å²) in [7, 11) is 0. The molecule has 0 aliphatic carbocycles. The Bertz CT molecular complexity index is 930. The van der Waals surface area contributed by atoms with Gasteiger partial charge in [-0.25, -0.2) is 0 Å². The monoisotopic (exact) mass is 308 g/mol. The predicted molar refractivity (Wildman–Crippen MR) is 98.3 cm³/mol. The van der Waals surface area contributed by atoms with Gasteiger partial charge in [-0.15, -0.1) is 0 Å². The van der Waals surface area contributed by atoms with E-state index >= 15 is 0 Å². The highest BCUT2D eigenvalue weighted by Gasteiger charge is 2.03. The van der Waals surface area contributed by atoms with Crippen LogP contribution in [0.2, 0.25) is 0 Å². The van der Waals surface area contributed by atoms with Gasteiger partial charge in [0.1, 0.15) is 0 Å². The highest BCUT2D eigenvalue weighted by Crippen LogP contribution is 2.27. The van der Waals surface area contributed by atoms with Crippen molar-refractivity contribution in [3.8, 4) is 33.6 Å². The van der Waals surface area contributed by atoms with E-state index in [1.165, 1.54) is 11.1 Å². The van der Waals surface area contributed by atoms with Crippen LogP contribution >= 0.6 is 0 Å². The van der Waals surface area contributed by atoms with Gasteiger partial charge in [-0.3, -0.25) is 9.97 Å². The van der Waals surface area contributed by atoms with Crippen molar-refractivity contribution in [2.24, 2.45) is 0 Å². The summed E-state index contributed by atoms with van der Waals surface area (Å²) in [5, 5.41) is 0. The first-order valence-electron chi connectivity index (χ1n) is 7.93. The molecule has 0 fully saturated rings. The van der Waals surface area contributed by atoms with Crippen molar-refractivity contribution < 1.29 is 0 Å². The summed E-state index contributed by atoms with van der Waals surface area (Å²) in [6, 6.07) is 28.9. The van der Waals surface area contributed by atoms with Crippen LogP contribution in [0, 0.1) is 0 Å². The zero-order valence-electron chi connectivity index (χ0n) is 13.1. The van der Waals surface area contributed by atoms with Crippen LogP contribution in [0.3, 0.4) is 0 Å². The largest absolute Gasteiger partial charge is 0.256 e.